The van der Waals surface area contributed by atoms with Crippen molar-refractivity contribution in [1.82, 2.24) is 15.1 Å². The Balaban J connectivity index is 2.26. The maximum Gasteiger partial charge on any atom is 0.0597 e. The van der Waals surface area contributed by atoms with Crippen LogP contribution in [0.15, 0.2) is 6.07 Å². The predicted octanol–water partition coefficient (Wildman–Crippen LogP) is 2.74. The summed E-state index contributed by atoms with van der Waals surface area (Å²) in [6.45, 7) is 11.7. The number of hydrogen-bond acceptors (Lipinski definition) is 2. The van der Waals surface area contributed by atoms with Crippen LogP contribution in [0.4, 0.5) is 0 Å². The molecule has 0 aromatic carbocycles. The predicted molar refractivity (Wildman–Crippen MR) is 68.4 cm³/mol. The van der Waals surface area contributed by atoms with Gasteiger partial charge in [0, 0.05) is 13.1 Å². The maximum absolute atomic E-state index is 4.43. The third-order valence-electron chi connectivity index (χ3n) is 2.73. The van der Waals surface area contributed by atoms with Gasteiger partial charge in [-0.3, -0.25) is 4.68 Å². The fourth-order valence-corrected chi connectivity index (χ4v) is 1.87. The number of hydrogen-bond donors (Lipinski definition) is 1. The highest BCUT2D eigenvalue weighted by atomic mass is 15.3. The van der Waals surface area contributed by atoms with Crippen molar-refractivity contribution in [3.8, 4) is 0 Å². The Kier molecular flexibility index (Phi) is 5.53. The molecule has 1 rings (SSSR count). The first-order chi connectivity index (χ1) is 7.63. The van der Waals surface area contributed by atoms with Gasteiger partial charge >= 0.3 is 0 Å². The van der Waals surface area contributed by atoms with Crippen molar-refractivity contribution in [1.29, 1.82) is 0 Å². The Morgan fingerprint density at radius 1 is 1.44 bits per heavy atom. The average Bonchev–Trinajstić information content (AvgIpc) is 2.58. The van der Waals surface area contributed by atoms with Crippen molar-refractivity contribution < 1.29 is 0 Å². The summed E-state index contributed by atoms with van der Waals surface area (Å²) in [6, 6.07) is 2.17. The minimum Gasteiger partial charge on any atom is -0.311 e. The Morgan fingerprint density at radius 2 is 2.19 bits per heavy atom. The molecule has 1 aromatic rings. The van der Waals surface area contributed by atoms with Gasteiger partial charge in [0.15, 0.2) is 0 Å². The molecule has 0 amide bonds. The zero-order chi connectivity index (χ0) is 12.0. The normalized spacial score (nSPS) is 11.3. The quantitative estimate of drug-likeness (QED) is 0.720. The van der Waals surface area contributed by atoms with Gasteiger partial charge in [0.1, 0.15) is 0 Å². The van der Waals surface area contributed by atoms with Crippen LogP contribution in [-0.2, 0) is 13.1 Å². The number of nitrogens with one attached hydrogen (secondary N) is 1. The molecule has 3 nitrogen and oxygen atoms in total. The zero-order valence-electron chi connectivity index (χ0n) is 11.1. The lowest BCUT2D eigenvalue weighted by atomic mass is 10.1. The average molecular weight is 223 g/mol. The van der Waals surface area contributed by atoms with Crippen molar-refractivity contribution in [2.75, 3.05) is 6.54 Å². The van der Waals surface area contributed by atoms with Gasteiger partial charge in [-0.2, -0.15) is 5.10 Å². The molecule has 0 aliphatic rings. The minimum atomic E-state index is 0.810. The van der Waals surface area contributed by atoms with Crippen LogP contribution in [-0.4, -0.2) is 16.3 Å². The van der Waals surface area contributed by atoms with Gasteiger partial charge < -0.3 is 5.32 Å². The van der Waals surface area contributed by atoms with E-state index in [9.17, 15) is 0 Å². The van der Waals surface area contributed by atoms with Gasteiger partial charge in [-0.05, 0) is 45.2 Å². The van der Waals surface area contributed by atoms with Gasteiger partial charge in [0.05, 0.1) is 11.4 Å². The van der Waals surface area contributed by atoms with E-state index in [1.165, 1.54) is 18.5 Å². The molecule has 0 atom stereocenters. The second-order valence-corrected chi connectivity index (χ2v) is 4.81. The van der Waals surface area contributed by atoms with Crippen LogP contribution in [0.2, 0.25) is 0 Å². The molecule has 0 bridgehead atoms. The molecule has 1 aromatic heterocycles. The second kappa shape index (κ2) is 6.69. The van der Waals surface area contributed by atoms with E-state index < -0.39 is 0 Å². The topological polar surface area (TPSA) is 29.9 Å². The van der Waals surface area contributed by atoms with E-state index in [-0.39, 0.29) is 0 Å². The smallest absolute Gasteiger partial charge is 0.0597 e. The molecule has 16 heavy (non-hydrogen) atoms. The molecule has 0 unspecified atom stereocenters. The van der Waals surface area contributed by atoms with Crippen molar-refractivity contribution in [2.45, 2.75) is 53.6 Å². The fourth-order valence-electron chi connectivity index (χ4n) is 1.87. The molecule has 0 saturated heterocycles. The first kappa shape index (κ1) is 13.2. The second-order valence-electron chi connectivity index (χ2n) is 4.81. The van der Waals surface area contributed by atoms with E-state index >= 15 is 0 Å². The van der Waals surface area contributed by atoms with Crippen LogP contribution >= 0.6 is 0 Å². The summed E-state index contributed by atoms with van der Waals surface area (Å²) in [4.78, 5) is 0. The third kappa shape index (κ3) is 4.35. The Labute approximate surface area is 99.2 Å². The molecule has 1 heterocycles. The molecule has 3 heteroatoms. The molecule has 0 saturated carbocycles. The Morgan fingerprint density at radius 3 is 2.81 bits per heavy atom. The molecular weight excluding hydrogens is 198 g/mol. The van der Waals surface area contributed by atoms with E-state index in [1.54, 1.807) is 0 Å². The van der Waals surface area contributed by atoms with Gasteiger partial charge in [0.2, 0.25) is 0 Å². The standard InChI is InChI=1S/C13H25N3/c1-5-16-13(9-12(4)15-16)10-14-8-6-7-11(2)3/h9,11,14H,5-8,10H2,1-4H3. The van der Waals surface area contributed by atoms with Gasteiger partial charge in [-0.25, -0.2) is 0 Å². The van der Waals surface area contributed by atoms with Gasteiger partial charge in [-0.1, -0.05) is 13.8 Å². The monoisotopic (exact) mass is 223 g/mol. The van der Waals surface area contributed by atoms with Crippen LogP contribution in [0.1, 0.15) is 45.0 Å². The minimum absolute atomic E-state index is 0.810. The van der Waals surface area contributed by atoms with Crippen LogP contribution in [0, 0.1) is 12.8 Å². The van der Waals surface area contributed by atoms with E-state index in [2.05, 4.69) is 48.9 Å². The number of rotatable bonds is 7. The van der Waals surface area contributed by atoms with Crippen molar-refractivity contribution in [3.63, 3.8) is 0 Å². The maximum atomic E-state index is 4.43. The largest absolute Gasteiger partial charge is 0.311 e. The summed E-state index contributed by atoms with van der Waals surface area (Å²) in [7, 11) is 0. The lowest BCUT2D eigenvalue weighted by molar-refractivity contribution is 0.516. The first-order valence-corrected chi connectivity index (χ1v) is 6.37. The highest BCUT2D eigenvalue weighted by molar-refractivity contribution is 5.08. The van der Waals surface area contributed by atoms with E-state index in [4.69, 9.17) is 0 Å². The van der Waals surface area contributed by atoms with Crippen molar-refractivity contribution in [2.24, 2.45) is 5.92 Å². The van der Waals surface area contributed by atoms with Crippen LogP contribution in [0.25, 0.3) is 0 Å². The van der Waals surface area contributed by atoms with Crippen LogP contribution < -0.4 is 5.32 Å². The summed E-state index contributed by atoms with van der Waals surface area (Å²) < 4.78 is 2.07. The summed E-state index contributed by atoms with van der Waals surface area (Å²) in [5.74, 6) is 0.810. The van der Waals surface area contributed by atoms with Crippen molar-refractivity contribution in [3.05, 3.63) is 17.5 Å². The number of aromatic nitrogens is 2. The lowest BCUT2D eigenvalue weighted by Crippen LogP contribution is -2.18. The molecule has 0 aliphatic heterocycles. The SMILES string of the molecule is CCn1nc(C)cc1CNCCCC(C)C. The highest BCUT2D eigenvalue weighted by Gasteiger charge is 2.02. The van der Waals surface area contributed by atoms with Crippen LogP contribution in [0.5, 0.6) is 0 Å². The summed E-state index contributed by atoms with van der Waals surface area (Å²) in [5.41, 5.74) is 2.41. The Bertz CT molecular complexity index is 302. The van der Waals surface area contributed by atoms with E-state index in [0.29, 0.717) is 0 Å². The summed E-state index contributed by atoms with van der Waals surface area (Å²) in [6.07, 6.45) is 2.57. The molecular formula is C13H25N3. The van der Waals surface area contributed by atoms with E-state index in [0.717, 1.165) is 31.2 Å². The fraction of sp³-hybridized carbons (Fsp3) is 0.769. The molecule has 0 radical (unpaired) electrons. The summed E-state index contributed by atoms with van der Waals surface area (Å²) >= 11 is 0. The number of aryl methyl sites for hydroxylation is 2. The lowest BCUT2D eigenvalue weighted by Gasteiger charge is -2.07. The van der Waals surface area contributed by atoms with Crippen LogP contribution in [0.3, 0.4) is 0 Å². The van der Waals surface area contributed by atoms with Gasteiger partial charge in [0.25, 0.3) is 0 Å². The molecule has 0 spiro atoms. The first-order valence-electron chi connectivity index (χ1n) is 6.37. The Hall–Kier alpha value is -0.830. The summed E-state index contributed by atoms with van der Waals surface area (Å²) in [5, 5.41) is 7.92. The third-order valence-corrected chi connectivity index (χ3v) is 2.73. The van der Waals surface area contributed by atoms with Gasteiger partial charge in [-0.15, -0.1) is 0 Å². The number of nitrogens with zero attached hydrogens (tertiary/aromatic N) is 2. The highest BCUT2D eigenvalue weighted by Crippen LogP contribution is 2.04. The molecule has 0 fully saturated rings. The molecule has 92 valence electrons. The molecule has 1 N–H and O–H groups in total. The molecule has 0 aliphatic carbocycles. The zero-order valence-corrected chi connectivity index (χ0v) is 11.1. The van der Waals surface area contributed by atoms with Crippen molar-refractivity contribution >= 4 is 0 Å². The van der Waals surface area contributed by atoms with E-state index in [1.807, 2.05) is 0 Å².